The first-order chi connectivity index (χ1) is 6.79. The fraction of sp³-hybridized carbons (Fsp3) is 0.143. The zero-order valence-electron chi connectivity index (χ0n) is 6.81. The van der Waals surface area contributed by atoms with Crippen LogP contribution in [0.5, 0.6) is 5.88 Å². The molecule has 0 spiro atoms. The van der Waals surface area contributed by atoms with Gasteiger partial charge in [-0.3, -0.25) is 4.79 Å². The first kappa shape index (κ1) is 11.7. The van der Waals surface area contributed by atoms with E-state index in [0.717, 1.165) is 6.07 Å². The Hall–Kier alpha value is -1.37. The van der Waals surface area contributed by atoms with E-state index in [0.29, 0.717) is 6.07 Å². The van der Waals surface area contributed by atoms with E-state index < -0.39 is 29.0 Å². The van der Waals surface area contributed by atoms with E-state index in [1.165, 1.54) is 0 Å². The Labute approximate surface area is 85.6 Å². The van der Waals surface area contributed by atoms with E-state index in [1.54, 1.807) is 0 Å². The summed E-state index contributed by atoms with van der Waals surface area (Å²) in [6.45, 7) is 0. The van der Waals surface area contributed by atoms with Crippen LogP contribution in [-0.4, -0.2) is 16.6 Å². The second kappa shape index (κ2) is 4.01. The number of ether oxygens (including phenoxy) is 1. The fourth-order valence-corrected chi connectivity index (χ4v) is 0.899. The summed E-state index contributed by atoms with van der Waals surface area (Å²) < 4.78 is 51.1. The Morgan fingerprint density at radius 1 is 1.40 bits per heavy atom. The number of carbonyl (C=O) groups excluding carboxylic acids is 1. The maximum atomic E-state index is 12.5. The van der Waals surface area contributed by atoms with Crippen molar-refractivity contribution < 1.29 is 27.1 Å². The third-order valence-corrected chi connectivity index (χ3v) is 1.45. The standard InChI is InChI=1S/C7H2ClF4NO2/c8-5(14)3-1-2-4(9)13-6(3)15-7(10,11)12/h1-2H. The molecule has 0 radical (unpaired) electrons. The maximum Gasteiger partial charge on any atom is 0.574 e. The average Bonchev–Trinajstić information content (AvgIpc) is 1.99. The van der Waals surface area contributed by atoms with Gasteiger partial charge in [0.25, 0.3) is 5.24 Å². The zero-order valence-corrected chi connectivity index (χ0v) is 7.56. The summed E-state index contributed by atoms with van der Waals surface area (Å²) in [5.74, 6) is -2.42. The smallest absolute Gasteiger partial charge is 0.387 e. The number of nitrogens with zero attached hydrogens (tertiary/aromatic N) is 1. The molecule has 0 saturated heterocycles. The Balaban J connectivity index is 3.13. The van der Waals surface area contributed by atoms with Gasteiger partial charge in [0, 0.05) is 0 Å². The molecule has 0 amide bonds. The van der Waals surface area contributed by atoms with Gasteiger partial charge in [-0.15, -0.1) is 13.2 Å². The quantitative estimate of drug-likeness (QED) is 0.455. The summed E-state index contributed by atoms with van der Waals surface area (Å²) in [5.41, 5.74) is -0.657. The molecule has 8 heteroatoms. The SMILES string of the molecule is O=C(Cl)c1ccc(F)nc1OC(F)(F)F. The Morgan fingerprint density at radius 2 is 2.00 bits per heavy atom. The lowest BCUT2D eigenvalue weighted by molar-refractivity contribution is -0.276. The molecule has 0 N–H and O–H groups in total. The van der Waals surface area contributed by atoms with Gasteiger partial charge in [-0.1, -0.05) is 0 Å². The normalized spacial score (nSPS) is 11.3. The highest BCUT2D eigenvalue weighted by Gasteiger charge is 2.33. The second-order valence-corrected chi connectivity index (χ2v) is 2.65. The molecule has 0 aliphatic heterocycles. The van der Waals surface area contributed by atoms with Crippen LogP contribution in [0.4, 0.5) is 17.6 Å². The first-order valence-corrected chi connectivity index (χ1v) is 3.79. The lowest BCUT2D eigenvalue weighted by atomic mass is 10.3. The van der Waals surface area contributed by atoms with Crippen molar-refractivity contribution in [1.29, 1.82) is 0 Å². The van der Waals surface area contributed by atoms with Crippen LogP contribution in [0.25, 0.3) is 0 Å². The van der Waals surface area contributed by atoms with E-state index in [1.807, 2.05) is 0 Å². The highest BCUT2D eigenvalue weighted by Crippen LogP contribution is 2.25. The molecule has 0 bridgehead atoms. The first-order valence-electron chi connectivity index (χ1n) is 3.42. The minimum Gasteiger partial charge on any atom is -0.387 e. The van der Waals surface area contributed by atoms with Gasteiger partial charge in [0.2, 0.25) is 11.8 Å². The minimum absolute atomic E-state index is 0.657. The Kier molecular flexibility index (Phi) is 3.13. The van der Waals surface area contributed by atoms with Gasteiger partial charge in [-0.25, -0.2) is 0 Å². The summed E-state index contributed by atoms with van der Waals surface area (Å²) in [6.07, 6.45) is -5.07. The van der Waals surface area contributed by atoms with E-state index in [-0.39, 0.29) is 0 Å². The molecule has 0 aliphatic carbocycles. The van der Waals surface area contributed by atoms with Gasteiger partial charge in [0.05, 0.1) is 5.56 Å². The van der Waals surface area contributed by atoms with Crippen LogP contribution in [0.2, 0.25) is 0 Å². The summed E-state index contributed by atoms with van der Waals surface area (Å²) in [5, 5.41) is -1.22. The van der Waals surface area contributed by atoms with E-state index in [4.69, 9.17) is 11.6 Å². The van der Waals surface area contributed by atoms with E-state index in [9.17, 15) is 22.4 Å². The van der Waals surface area contributed by atoms with Gasteiger partial charge in [-0.05, 0) is 23.7 Å². The molecule has 0 unspecified atom stereocenters. The molecule has 3 nitrogen and oxygen atoms in total. The summed E-state index contributed by atoms with van der Waals surface area (Å²) in [6, 6.07) is 1.44. The number of halogens is 5. The molecule has 0 aliphatic rings. The van der Waals surface area contributed by atoms with Crippen molar-refractivity contribution in [2.75, 3.05) is 0 Å². The molecule has 0 fully saturated rings. The number of hydrogen-bond acceptors (Lipinski definition) is 3. The third kappa shape index (κ3) is 3.35. The molecule has 15 heavy (non-hydrogen) atoms. The van der Waals surface area contributed by atoms with Crippen molar-refractivity contribution in [2.45, 2.75) is 6.36 Å². The fourth-order valence-electron chi connectivity index (χ4n) is 0.755. The van der Waals surface area contributed by atoms with Crippen LogP contribution in [-0.2, 0) is 0 Å². The number of aromatic nitrogens is 1. The lowest BCUT2D eigenvalue weighted by Crippen LogP contribution is -2.19. The highest BCUT2D eigenvalue weighted by molar-refractivity contribution is 6.68. The van der Waals surface area contributed by atoms with Gasteiger partial charge in [0.15, 0.2) is 0 Å². The van der Waals surface area contributed by atoms with Crippen molar-refractivity contribution >= 4 is 16.8 Å². The number of carbonyl (C=O) groups is 1. The van der Waals surface area contributed by atoms with Crippen LogP contribution in [0.1, 0.15) is 10.4 Å². The Morgan fingerprint density at radius 3 is 2.47 bits per heavy atom. The summed E-state index contributed by atoms with van der Waals surface area (Å²) in [4.78, 5) is 13.4. The molecule has 0 saturated carbocycles. The molecule has 1 aromatic heterocycles. The highest BCUT2D eigenvalue weighted by atomic mass is 35.5. The Bertz CT molecular complexity index is 393. The van der Waals surface area contributed by atoms with Gasteiger partial charge in [0.1, 0.15) is 0 Å². The van der Waals surface area contributed by atoms with E-state index in [2.05, 4.69) is 9.72 Å². The van der Waals surface area contributed by atoms with Crippen LogP contribution >= 0.6 is 11.6 Å². The van der Waals surface area contributed by atoms with Crippen molar-refractivity contribution in [1.82, 2.24) is 4.98 Å². The predicted molar refractivity (Wildman–Crippen MR) is 41.1 cm³/mol. The molecule has 1 heterocycles. The molecule has 0 aromatic carbocycles. The second-order valence-electron chi connectivity index (χ2n) is 2.31. The molecule has 0 atom stereocenters. The number of rotatable bonds is 2. The molecular formula is C7H2ClF4NO2. The molecule has 1 aromatic rings. The van der Waals surface area contributed by atoms with Crippen molar-refractivity contribution in [3.63, 3.8) is 0 Å². The zero-order chi connectivity index (χ0) is 11.6. The van der Waals surface area contributed by atoms with Crippen molar-refractivity contribution in [3.05, 3.63) is 23.6 Å². The average molecular weight is 244 g/mol. The number of alkyl halides is 3. The largest absolute Gasteiger partial charge is 0.574 e. The molecule has 82 valence electrons. The monoisotopic (exact) mass is 243 g/mol. The molecular weight excluding hydrogens is 242 g/mol. The van der Waals surface area contributed by atoms with Crippen molar-refractivity contribution in [3.8, 4) is 5.88 Å². The third-order valence-electron chi connectivity index (χ3n) is 1.25. The summed E-state index contributed by atoms with van der Waals surface area (Å²) in [7, 11) is 0. The van der Waals surface area contributed by atoms with Crippen molar-refractivity contribution in [2.24, 2.45) is 0 Å². The number of hydrogen-bond donors (Lipinski definition) is 0. The maximum absolute atomic E-state index is 12.5. The van der Waals surface area contributed by atoms with Crippen LogP contribution in [0.3, 0.4) is 0 Å². The van der Waals surface area contributed by atoms with Gasteiger partial charge >= 0.3 is 6.36 Å². The molecule has 1 rings (SSSR count). The summed E-state index contributed by atoms with van der Waals surface area (Å²) >= 11 is 4.94. The predicted octanol–water partition coefficient (Wildman–Crippen LogP) is 2.50. The van der Waals surface area contributed by atoms with Crippen LogP contribution < -0.4 is 4.74 Å². The van der Waals surface area contributed by atoms with E-state index >= 15 is 0 Å². The minimum atomic E-state index is -5.07. The van der Waals surface area contributed by atoms with Gasteiger partial charge in [-0.2, -0.15) is 9.37 Å². The number of pyridine rings is 1. The van der Waals surface area contributed by atoms with Crippen LogP contribution in [0, 0.1) is 5.95 Å². The topological polar surface area (TPSA) is 39.2 Å². The van der Waals surface area contributed by atoms with Gasteiger partial charge < -0.3 is 4.74 Å². The lowest BCUT2D eigenvalue weighted by Gasteiger charge is -2.09. The van der Waals surface area contributed by atoms with Crippen LogP contribution in [0.15, 0.2) is 12.1 Å².